The molecular formula is C18H20N2O3S. The lowest BCUT2D eigenvalue weighted by Crippen LogP contribution is -2.42. The van der Waals surface area contributed by atoms with Gasteiger partial charge in [-0.3, -0.25) is 0 Å². The number of carbonyl (C=O) groups excluding carboxylic acids is 1. The van der Waals surface area contributed by atoms with Crippen LogP contribution in [0.1, 0.15) is 17.4 Å². The van der Waals surface area contributed by atoms with Crippen LogP contribution in [-0.4, -0.2) is 24.3 Å². The van der Waals surface area contributed by atoms with E-state index in [1.807, 2.05) is 35.7 Å². The molecule has 2 aromatic rings. The number of para-hydroxylation sites is 1. The highest BCUT2D eigenvalue weighted by Gasteiger charge is 2.24. The van der Waals surface area contributed by atoms with Crippen LogP contribution in [0.15, 0.2) is 41.8 Å². The summed E-state index contributed by atoms with van der Waals surface area (Å²) in [4.78, 5) is 12.8. The number of terminal acetylenes is 1. The van der Waals surface area contributed by atoms with E-state index in [4.69, 9.17) is 11.2 Å². The zero-order chi connectivity index (χ0) is 17.4. The SMILES string of the molecule is C#CCOc1ccccc1CNC(=O)NC[C@](C)(O)c1cccs1. The normalized spacial score (nSPS) is 12.7. The van der Waals surface area contributed by atoms with Gasteiger partial charge in [0, 0.05) is 17.0 Å². The number of hydrogen-bond donors (Lipinski definition) is 3. The molecular weight excluding hydrogens is 324 g/mol. The third-order valence-electron chi connectivity index (χ3n) is 3.37. The highest BCUT2D eigenvalue weighted by atomic mass is 32.1. The fourth-order valence-corrected chi connectivity index (χ4v) is 2.86. The third-order valence-corrected chi connectivity index (χ3v) is 4.49. The Morgan fingerprint density at radius 1 is 1.33 bits per heavy atom. The van der Waals surface area contributed by atoms with E-state index in [0.29, 0.717) is 12.3 Å². The van der Waals surface area contributed by atoms with Crippen LogP contribution < -0.4 is 15.4 Å². The van der Waals surface area contributed by atoms with Gasteiger partial charge in [-0.15, -0.1) is 17.8 Å². The van der Waals surface area contributed by atoms with E-state index in [1.165, 1.54) is 11.3 Å². The van der Waals surface area contributed by atoms with Gasteiger partial charge in [0.15, 0.2) is 0 Å². The van der Waals surface area contributed by atoms with Crippen molar-refractivity contribution in [2.24, 2.45) is 0 Å². The monoisotopic (exact) mass is 344 g/mol. The molecule has 126 valence electrons. The van der Waals surface area contributed by atoms with Crippen LogP contribution in [0.3, 0.4) is 0 Å². The molecule has 1 atom stereocenters. The Balaban J connectivity index is 1.85. The molecule has 0 unspecified atom stereocenters. The summed E-state index contributed by atoms with van der Waals surface area (Å²) in [5.74, 6) is 3.05. The Morgan fingerprint density at radius 2 is 2.12 bits per heavy atom. The minimum Gasteiger partial charge on any atom is -0.481 e. The molecule has 0 spiro atoms. The molecule has 6 heteroatoms. The fraction of sp³-hybridized carbons (Fsp3) is 0.278. The Morgan fingerprint density at radius 3 is 2.83 bits per heavy atom. The van der Waals surface area contributed by atoms with Crippen LogP contribution in [0, 0.1) is 12.3 Å². The summed E-state index contributed by atoms with van der Waals surface area (Å²) >= 11 is 1.45. The zero-order valence-corrected chi connectivity index (χ0v) is 14.2. The average Bonchev–Trinajstić information content (AvgIpc) is 3.12. The van der Waals surface area contributed by atoms with Gasteiger partial charge in [-0.25, -0.2) is 4.79 Å². The minimum absolute atomic E-state index is 0.120. The van der Waals surface area contributed by atoms with E-state index in [2.05, 4.69) is 16.6 Å². The van der Waals surface area contributed by atoms with Crippen molar-refractivity contribution in [1.82, 2.24) is 10.6 Å². The highest BCUT2D eigenvalue weighted by molar-refractivity contribution is 7.10. The standard InChI is InChI=1S/C18H20N2O3S/c1-3-10-23-15-8-5-4-7-14(15)12-19-17(21)20-13-18(2,22)16-9-6-11-24-16/h1,4-9,11,22H,10,12-13H2,2H3,(H2,19,20,21)/t18-/m0/s1. The Bertz CT molecular complexity index is 705. The zero-order valence-electron chi connectivity index (χ0n) is 13.4. The molecule has 0 radical (unpaired) electrons. The first-order valence-corrected chi connectivity index (χ1v) is 8.33. The predicted molar refractivity (Wildman–Crippen MR) is 94.9 cm³/mol. The molecule has 0 aliphatic heterocycles. The lowest BCUT2D eigenvalue weighted by atomic mass is 10.1. The third kappa shape index (κ3) is 5.01. The summed E-state index contributed by atoms with van der Waals surface area (Å²) in [6.45, 7) is 2.26. The van der Waals surface area contributed by atoms with E-state index < -0.39 is 5.60 Å². The molecule has 1 aromatic heterocycles. The minimum atomic E-state index is -1.10. The van der Waals surface area contributed by atoms with E-state index in [0.717, 1.165) is 10.4 Å². The summed E-state index contributed by atoms with van der Waals surface area (Å²) in [6.07, 6.45) is 5.19. The van der Waals surface area contributed by atoms with Gasteiger partial charge in [0.25, 0.3) is 0 Å². The van der Waals surface area contributed by atoms with Gasteiger partial charge in [0.05, 0.1) is 6.54 Å². The molecule has 5 nitrogen and oxygen atoms in total. The van der Waals surface area contributed by atoms with Crippen molar-refractivity contribution in [3.63, 3.8) is 0 Å². The lowest BCUT2D eigenvalue weighted by molar-refractivity contribution is 0.0631. The quantitative estimate of drug-likeness (QED) is 0.676. The number of rotatable bonds is 7. The Labute approximate surface area is 145 Å². The summed E-state index contributed by atoms with van der Waals surface area (Å²) < 4.78 is 5.44. The van der Waals surface area contributed by atoms with Gasteiger partial charge in [-0.1, -0.05) is 30.2 Å². The van der Waals surface area contributed by atoms with Crippen molar-refractivity contribution < 1.29 is 14.6 Å². The number of amides is 2. The topological polar surface area (TPSA) is 70.6 Å². The molecule has 0 saturated carbocycles. The lowest BCUT2D eigenvalue weighted by Gasteiger charge is -2.22. The maximum atomic E-state index is 12.0. The second-order valence-electron chi connectivity index (χ2n) is 5.39. The first kappa shape index (κ1) is 17.9. The van der Waals surface area contributed by atoms with Crippen molar-refractivity contribution in [3.05, 3.63) is 52.2 Å². The number of benzene rings is 1. The van der Waals surface area contributed by atoms with Gasteiger partial charge < -0.3 is 20.5 Å². The first-order valence-electron chi connectivity index (χ1n) is 7.45. The molecule has 2 amide bonds. The summed E-state index contributed by atoms with van der Waals surface area (Å²) in [5.41, 5.74) is -0.271. The molecule has 1 heterocycles. The molecule has 0 aliphatic rings. The van der Waals surface area contributed by atoms with E-state index >= 15 is 0 Å². The van der Waals surface area contributed by atoms with E-state index in [-0.39, 0.29) is 19.2 Å². The molecule has 1 aromatic carbocycles. The van der Waals surface area contributed by atoms with Crippen molar-refractivity contribution in [3.8, 4) is 18.1 Å². The molecule has 0 fully saturated rings. The first-order chi connectivity index (χ1) is 11.5. The van der Waals surface area contributed by atoms with Gasteiger partial charge in [0.1, 0.15) is 18.0 Å². The van der Waals surface area contributed by atoms with Crippen molar-refractivity contribution in [1.29, 1.82) is 0 Å². The summed E-state index contributed by atoms with van der Waals surface area (Å²) in [5, 5.41) is 17.7. The average molecular weight is 344 g/mol. The number of thiophene rings is 1. The van der Waals surface area contributed by atoms with Gasteiger partial charge >= 0.3 is 6.03 Å². The molecule has 0 saturated heterocycles. The number of nitrogens with one attached hydrogen (secondary N) is 2. The van der Waals surface area contributed by atoms with Crippen LogP contribution in [-0.2, 0) is 12.1 Å². The largest absolute Gasteiger partial charge is 0.481 e. The Kier molecular flexibility index (Phi) is 6.24. The van der Waals surface area contributed by atoms with E-state index in [1.54, 1.807) is 13.0 Å². The number of urea groups is 1. The van der Waals surface area contributed by atoms with Gasteiger partial charge in [-0.2, -0.15) is 0 Å². The number of carbonyl (C=O) groups is 1. The summed E-state index contributed by atoms with van der Waals surface area (Å²) in [7, 11) is 0. The second-order valence-corrected chi connectivity index (χ2v) is 6.34. The van der Waals surface area contributed by atoms with Crippen LogP contribution in [0.2, 0.25) is 0 Å². The van der Waals surface area contributed by atoms with Crippen molar-refractivity contribution >= 4 is 17.4 Å². The van der Waals surface area contributed by atoms with Crippen molar-refractivity contribution in [2.45, 2.75) is 19.1 Å². The molecule has 24 heavy (non-hydrogen) atoms. The fourth-order valence-electron chi connectivity index (χ4n) is 2.07. The maximum absolute atomic E-state index is 12.0. The van der Waals surface area contributed by atoms with Gasteiger partial charge in [0.2, 0.25) is 0 Å². The maximum Gasteiger partial charge on any atom is 0.315 e. The highest BCUT2D eigenvalue weighted by Crippen LogP contribution is 2.24. The van der Waals surface area contributed by atoms with Crippen LogP contribution >= 0.6 is 11.3 Å². The van der Waals surface area contributed by atoms with Crippen molar-refractivity contribution in [2.75, 3.05) is 13.2 Å². The molecule has 2 rings (SSSR count). The van der Waals surface area contributed by atoms with Gasteiger partial charge in [-0.05, 0) is 24.4 Å². The predicted octanol–water partition coefficient (Wildman–Crippen LogP) is 2.47. The van der Waals surface area contributed by atoms with Crippen LogP contribution in [0.4, 0.5) is 4.79 Å². The number of aliphatic hydroxyl groups is 1. The summed E-state index contributed by atoms with van der Waals surface area (Å²) in [6, 6.07) is 10.7. The molecule has 0 aliphatic carbocycles. The number of hydrogen-bond acceptors (Lipinski definition) is 4. The smallest absolute Gasteiger partial charge is 0.315 e. The molecule has 3 N–H and O–H groups in total. The number of ether oxygens (including phenoxy) is 1. The van der Waals surface area contributed by atoms with E-state index in [9.17, 15) is 9.90 Å². The van der Waals surface area contributed by atoms with Crippen LogP contribution in [0.25, 0.3) is 0 Å². The second kappa shape index (κ2) is 8.39. The Hall–Kier alpha value is -2.49. The molecule has 0 bridgehead atoms. The van der Waals surface area contributed by atoms with Crippen LogP contribution in [0.5, 0.6) is 5.75 Å².